The largest absolute Gasteiger partial charge is 0.465 e. The molecule has 1 unspecified atom stereocenters. The molecule has 0 spiro atoms. The number of aromatic nitrogens is 1. The Kier molecular flexibility index (Phi) is 2.55. The van der Waals surface area contributed by atoms with Crippen molar-refractivity contribution < 1.29 is 14.3 Å². The second-order valence-electron chi connectivity index (χ2n) is 4.78. The van der Waals surface area contributed by atoms with Crippen LogP contribution in [0.5, 0.6) is 0 Å². The number of rotatable bonds is 1. The Hall–Kier alpha value is -2.30. The molecule has 0 aliphatic carbocycles. The minimum Gasteiger partial charge on any atom is -0.465 e. The number of nitrogens with one attached hydrogen (secondary N) is 2. The van der Waals surface area contributed by atoms with Crippen LogP contribution in [0.15, 0.2) is 18.2 Å². The molecule has 0 radical (unpaired) electrons. The van der Waals surface area contributed by atoms with E-state index in [4.69, 9.17) is 4.74 Å². The molecule has 5 nitrogen and oxygen atoms in total. The van der Waals surface area contributed by atoms with Crippen LogP contribution in [-0.2, 0) is 4.74 Å². The Bertz CT molecular complexity index is 687. The van der Waals surface area contributed by atoms with Crippen LogP contribution in [-0.4, -0.2) is 30.5 Å². The maximum absolute atomic E-state index is 11.8. The number of hydrogen-bond acceptors (Lipinski definition) is 3. The number of esters is 1. The predicted octanol–water partition coefficient (Wildman–Crippen LogP) is 1.80. The highest BCUT2D eigenvalue weighted by atomic mass is 16.5. The van der Waals surface area contributed by atoms with Gasteiger partial charge in [-0.05, 0) is 23.8 Å². The fraction of sp³-hybridized carbons (Fsp3) is 0.286. The predicted molar refractivity (Wildman–Crippen MR) is 70.4 cm³/mol. The zero-order chi connectivity index (χ0) is 13.6. The van der Waals surface area contributed by atoms with Crippen molar-refractivity contribution in [3.8, 4) is 0 Å². The maximum atomic E-state index is 11.8. The Labute approximate surface area is 109 Å². The Morgan fingerprint density at radius 1 is 1.42 bits per heavy atom. The van der Waals surface area contributed by atoms with Crippen LogP contribution < -0.4 is 5.32 Å². The van der Waals surface area contributed by atoms with E-state index in [2.05, 4.69) is 17.2 Å². The molecule has 2 heterocycles. The molecule has 19 heavy (non-hydrogen) atoms. The molecule has 1 amide bonds. The minimum absolute atomic E-state index is 0.0936. The van der Waals surface area contributed by atoms with Crippen molar-refractivity contribution in [3.63, 3.8) is 0 Å². The summed E-state index contributed by atoms with van der Waals surface area (Å²) < 4.78 is 4.73. The molecule has 0 saturated heterocycles. The average Bonchev–Trinajstić information content (AvgIpc) is 2.81. The summed E-state index contributed by atoms with van der Waals surface area (Å²) in [6, 6.07) is 5.28. The molecule has 0 fully saturated rings. The number of amides is 1. The van der Waals surface area contributed by atoms with Crippen LogP contribution in [0.3, 0.4) is 0 Å². The molecule has 1 aliphatic rings. The van der Waals surface area contributed by atoms with Crippen LogP contribution >= 0.6 is 0 Å². The number of methoxy groups -OCH3 is 1. The summed E-state index contributed by atoms with van der Waals surface area (Å²) in [5.74, 6) is -0.247. The highest BCUT2D eigenvalue weighted by molar-refractivity contribution is 6.04. The molecule has 3 rings (SSSR count). The highest BCUT2D eigenvalue weighted by Gasteiger charge is 2.27. The van der Waals surface area contributed by atoms with Gasteiger partial charge in [-0.15, -0.1) is 0 Å². The zero-order valence-corrected chi connectivity index (χ0v) is 10.7. The molecular weight excluding hydrogens is 244 g/mol. The zero-order valence-electron chi connectivity index (χ0n) is 10.7. The van der Waals surface area contributed by atoms with E-state index in [9.17, 15) is 9.59 Å². The van der Waals surface area contributed by atoms with Gasteiger partial charge < -0.3 is 15.0 Å². The van der Waals surface area contributed by atoms with Gasteiger partial charge in [-0.3, -0.25) is 4.79 Å². The first-order valence-corrected chi connectivity index (χ1v) is 6.14. The smallest absolute Gasteiger partial charge is 0.337 e. The van der Waals surface area contributed by atoms with Crippen molar-refractivity contribution in [2.45, 2.75) is 12.8 Å². The Morgan fingerprint density at radius 2 is 2.21 bits per heavy atom. The number of carbonyl (C=O) groups excluding carboxylic acids is 2. The van der Waals surface area contributed by atoms with Crippen LogP contribution in [0.4, 0.5) is 0 Å². The minimum atomic E-state index is -0.371. The van der Waals surface area contributed by atoms with E-state index < -0.39 is 0 Å². The van der Waals surface area contributed by atoms with E-state index in [1.54, 1.807) is 18.2 Å². The van der Waals surface area contributed by atoms with Gasteiger partial charge in [-0.25, -0.2) is 4.79 Å². The van der Waals surface area contributed by atoms with Crippen molar-refractivity contribution in [1.82, 2.24) is 10.3 Å². The second-order valence-corrected chi connectivity index (χ2v) is 4.78. The fourth-order valence-electron chi connectivity index (χ4n) is 2.58. The van der Waals surface area contributed by atoms with Gasteiger partial charge in [0.15, 0.2) is 0 Å². The van der Waals surface area contributed by atoms with Gasteiger partial charge in [0.25, 0.3) is 5.91 Å². The fourth-order valence-corrected chi connectivity index (χ4v) is 2.58. The Morgan fingerprint density at radius 3 is 2.95 bits per heavy atom. The van der Waals surface area contributed by atoms with Gasteiger partial charge in [0.1, 0.15) is 5.69 Å². The lowest BCUT2D eigenvalue weighted by atomic mass is 9.94. The van der Waals surface area contributed by atoms with Gasteiger partial charge in [0.2, 0.25) is 0 Å². The Balaban J connectivity index is 2.25. The van der Waals surface area contributed by atoms with Crippen molar-refractivity contribution in [2.75, 3.05) is 13.7 Å². The SMILES string of the molecule is COC(=O)c1ccc2[nH]c3c(c2c1)C(C)CNC3=O. The molecule has 0 saturated carbocycles. The third kappa shape index (κ3) is 1.69. The lowest BCUT2D eigenvalue weighted by Gasteiger charge is -2.19. The van der Waals surface area contributed by atoms with Crippen molar-refractivity contribution in [3.05, 3.63) is 35.0 Å². The molecule has 1 aromatic heterocycles. The number of H-pyrrole nitrogens is 1. The van der Waals surface area contributed by atoms with Crippen LogP contribution in [0.25, 0.3) is 10.9 Å². The van der Waals surface area contributed by atoms with Crippen molar-refractivity contribution >= 4 is 22.8 Å². The molecule has 1 aliphatic heterocycles. The number of benzene rings is 1. The lowest BCUT2D eigenvalue weighted by Crippen LogP contribution is -2.33. The van der Waals surface area contributed by atoms with E-state index in [-0.39, 0.29) is 17.8 Å². The molecule has 2 aromatic rings. The van der Waals surface area contributed by atoms with Crippen molar-refractivity contribution in [1.29, 1.82) is 0 Å². The average molecular weight is 258 g/mol. The number of carbonyl (C=O) groups is 2. The number of hydrogen-bond donors (Lipinski definition) is 2. The lowest BCUT2D eigenvalue weighted by molar-refractivity contribution is 0.0600. The van der Waals surface area contributed by atoms with E-state index in [0.717, 1.165) is 16.5 Å². The van der Waals surface area contributed by atoms with E-state index in [0.29, 0.717) is 17.8 Å². The normalized spacial score (nSPS) is 18.0. The van der Waals surface area contributed by atoms with E-state index >= 15 is 0 Å². The van der Waals surface area contributed by atoms with Crippen LogP contribution in [0.1, 0.15) is 39.3 Å². The molecule has 98 valence electrons. The summed E-state index contributed by atoms with van der Waals surface area (Å²) in [5, 5.41) is 3.75. The van der Waals surface area contributed by atoms with Crippen molar-refractivity contribution in [2.24, 2.45) is 0 Å². The number of ether oxygens (including phenoxy) is 1. The molecule has 5 heteroatoms. The monoisotopic (exact) mass is 258 g/mol. The van der Waals surface area contributed by atoms with Gasteiger partial charge >= 0.3 is 5.97 Å². The summed E-state index contributed by atoms with van der Waals surface area (Å²) in [6.07, 6.45) is 0. The number of fused-ring (bicyclic) bond motifs is 3. The number of aromatic amines is 1. The third-order valence-electron chi connectivity index (χ3n) is 3.55. The van der Waals surface area contributed by atoms with Crippen LogP contribution in [0, 0.1) is 0 Å². The first kappa shape index (κ1) is 11.8. The topological polar surface area (TPSA) is 71.2 Å². The van der Waals surface area contributed by atoms with E-state index in [1.165, 1.54) is 7.11 Å². The summed E-state index contributed by atoms with van der Waals surface area (Å²) >= 11 is 0. The van der Waals surface area contributed by atoms with Gasteiger partial charge in [-0.2, -0.15) is 0 Å². The first-order chi connectivity index (χ1) is 9.11. The van der Waals surface area contributed by atoms with Gasteiger partial charge in [0, 0.05) is 23.4 Å². The van der Waals surface area contributed by atoms with Crippen LogP contribution in [0.2, 0.25) is 0 Å². The molecule has 1 atom stereocenters. The molecule has 0 bridgehead atoms. The molecule has 2 N–H and O–H groups in total. The highest BCUT2D eigenvalue weighted by Crippen LogP contribution is 2.32. The summed E-state index contributed by atoms with van der Waals surface area (Å²) in [6.45, 7) is 2.66. The summed E-state index contributed by atoms with van der Waals surface area (Å²) in [5.41, 5.74) is 2.93. The quantitative estimate of drug-likeness (QED) is 0.766. The first-order valence-electron chi connectivity index (χ1n) is 6.14. The third-order valence-corrected chi connectivity index (χ3v) is 3.55. The summed E-state index contributed by atoms with van der Waals surface area (Å²) in [7, 11) is 1.36. The standard InChI is InChI=1S/C14H14N2O3/c1-7-6-15-13(17)12-11(7)9-5-8(14(18)19-2)3-4-10(9)16-12/h3-5,7,16H,6H2,1-2H3,(H,15,17). The molecular formula is C14H14N2O3. The van der Waals surface area contributed by atoms with Gasteiger partial charge in [0.05, 0.1) is 12.7 Å². The summed E-state index contributed by atoms with van der Waals surface area (Å²) in [4.78, 5) is 26.5. The van der Waals surface area contributed by atoms with E-state index in [1.807, 2.05) is 0 Å². The second kappa shape index (κ2) is 4.12. The van der Waals surface area contributed by atoms with Gasteiger partial charge in [-0.1, -0.05) is 6.92 Å². The maximum Gasteiger partial charge on any atom is 0.337 e. The molecule has 1 aromatic carbocycles.